The number of hydrogen-bond acceptors (Lipinski definition) is 3. The highest BCUT2D eigenvalue weighted by Gasteiger charge is 2.29. The van der Waals surface area contributed by atoms with Gasteiger partial charge in [0.25, 0.3) is 0 Å². The van der Waals surface area contributed by atoms with Gasteiger partial charge in [0.15, 0.2) is 0 Å². The second-order valence-electron chi connectivity index (χ2n) is 7.10. The number of nitrogens with zero attached hydrogens (tertiary/aromatic N) is 1. The van der Waals surface area contributed by atoms with Crippen LogP contribution < -0.4 is 5.32 Å². The van der Waals surface area contributed by atoms with Crippen molar-refractivity contribution in [3.05, 3.63) is 0 Å². The molecule has 1 aliphatic rings. The lowest BCUT2D eigenvalue weighted by Crippen LogP contribution is -2.46. The second-order valence-corrected chi connectivity index (χ2v) is 7.10. The average Bonchev–Trinajstić information content (AvgIpc) is 2.36. The second kappa shape index (κ2) is 8.23. The highest BCUT2D eigenvalue weighted by molar-refractivity contribution is 4.82. The van der Waals surface area contributed by atoms with Crippen LogP contribution in [0, 0.1) is 11.3 Å². The van der Waals surface area contributed by atoms with Gasteiger partial charge in [0.2, 0.25) is 0 Å². The van der Waals surface area contributed by atoms with Crippen molar-refractivity contribution in [2.24, 2.45) is 11.3 Å². The minimum absolute atomic E-state index is 0.292. The number of nitrogens with one attached hydrogen (secondary N) is 1. The van der Waals surface area contributed by atoms with Gasteiger partial charge >= 0.3 is 0 Å². The van der Waals surface area contributed by atoms with Crippen molar-refractivity contribution in [3.63, 3.8) is 0 Å². The minimum Gasteiger partial charge on any atom is -0.396 e. The largest absolute Gasteiger partial charge is 0.396 e. The van der Waals surface area contributed by atoms with Crippen molar-refractivity contribution >= 4 is 0 Å². The van der Waals surface area contributed by atoms with Crippen LogP contribution in [0.2, 0.25) is 0 Å². The summed E-state index contributed by atoms with van der Waals surface area (Å²) in [6.45, 7) is 14.2. The Kier molecular flexibility index (Phi) is 7.33. The molecule has 0 radical (unpaired) electrons. The monoisotopic (exact) mass is 270 g/mol. The molecule has 0 aliphatic carbocycles. The molecule has 1 aliphatic heterocycles. The van der Waals surface area contributed by atoms with E-state index in [1.807, 2.05) is 0 Å². The van der Waals surface area contributed by atoms with Crippen LogP contribution >= 0.6 is 0 Å². The Morgan fingerprint density at radius 3 is 2.37 bits per heavy atom. The maximum atomic E-state index is 9.16. The third kappa shape index (κ3) is 6.24. The Labute approximate surface area is 119 Å². The predicted octanol–water partition coefficient (Wildman–Crippen LogP) is 2.50. The summed E-state index contributed by atoms with van der Waals surface area (Å²) in [6, 6.07) is 0.455. The number of aliphatic hydroxyl groups excluding tert-OH is 1. The first-order valence-corrected chi connectivity index (χ1v) is 8.04. The number of hydrogen-bond donors (Lipinski definition) is 2. The zero-order valence-electron chi connectivity index (χ0n) is 13.4. The Hall–Kier alpha value is -0.120. The Bertz CT molecular complexity index is 229. The van der Waals surface area contributed by atoms with Gasteiger partial charge in [-0.25, -0.2) is 0 Å². The SMILES string of the molecule is CCCNC(CCO)CN1CCC(C(C)(C)C)CC1. The van der Waals surface area contributed by atoms with E-state index in [2.05, 4.69) is 37.9 Å². The first kappa shape index (κ1) is 16.9. The molecule has 1 atom stereocenters. The molecular weight excluding hydrogens is 236 g/mol. The van der Waals surface area contributed by atoms with Gasteiger partial charge in [-0.2, -0.15) is 0 Å². The smallest absolute Gasteiger partial charge is 0.0446 e. The highest BCUT2D eigenvalue weighted by atomic mass is 16.3. The van der Waals surface area contributed by atoms with Crippen molar-refractivity contribution in [3.8, 4) is 0 Å². The molecule has 0 aromatic carbocycles. The topological polar surface area (TPSA) is 35.5 Å². The van der Waals surface area contributed by atoms with E-state index in [1.165, 1.54) is 25.9 Å². The highest BCUT2D eigenvalue weighted by Crippen LogP contribution is 2.34. The van der Waals surface area contributed by atoms with Crippen LogP contribution in [0.1, 0.15) is 53.4 Å². The molecule has 0 aromatic heterocycles. The number of aliphatic hydroxyl groups is 1. The summed E-state index contributed by atoms with van der Waals surface area (Å²) in [4.78, 5) is 2.57. The Morgan fingerprint density at radius 1 is 1.26 bits per heavy atom. The average molecular weight is 270 g/mol. The standard InChI is InChI=1S/C16H34N2O/c1-5-9-17-15(8-12-19)13-18-10-6-14(7-11-18)16(2,3)4/h14-15,17,19H,5-13H2,1-4H3. The summed E-state index contributed by atoms with van der Waals surface area (Å²) in [5.41, 5.74) is 0.455. The van der Waals surface area contributed by atoms with Crippen LogP contribution in [0.4, 0.5) is 0 Å². The van der Waals surface area contributed by atoms with Crippen molar-refractivity contribution in [2.75, 3.05) is 32.8 Å². The summed E-state index contributed by atoms with van der Waals surface area (Å²) in [5.74, 6) is 0.864. The van der Waals surface area contributed by atoms with Crippen molar-refractivity contribution in [1.82, 2.24) is 10.2 Å². The van der Waals surface area contributed by atoms with Gasteiger partial charge in [0.1, 0.15) is 0 Å². The van der Waals surface area contributed by atoms with Crippen molar-refractivity contribution in [1.29, 1.82) is 0 Å². The van der Waals surface area contributed by atoms with Crippen LogP contribution in [0.15, 0.2) is 0 Å². The molecule has 19 heavy (non-hydrogen) atoms. The summed E-state index contributed by atoms with van der Waals surface area (Å²) in [6.07, 6.45) is 4.68. The molecule has 0 spiro atoms. The third-order valence-electron chi connectivity index (χ3n) is 4.45. The van der Waals surface area contributed by atoms with Gasteiger partial charge in [-0.15, -0.1) is 0 Å². The molecule has 0 amide bonds. The summed E-state index contributed by atoms with van der Waals surface area (Å²) >= 11 is 0. The fourth-order valence-corrected chi connectivity index (χ4v) is 3.06. The van der Waals surface area contributed by atoms with E-state index in [-0.39, 0.29) is 0 Å². The normalized spacial score (nSPS) is 20.7. The number of likely N-dealkylation sites (tertiary alicyclic amines) is 1. The molecule has 1 unspecified atom stereocenters. The van der Waals surface area contributed by atoms with E-state index in [4.69, 9.17) is 5.11 Å². The zero-order chi connectivity index (χ0) is 14.3. The van der Waals surface area contributed by atoms with Gasteiger partial charge < -0.3 is 15.3 Å². The molecule has 114 valence electrons. The van der Waals surface area contributed by atoms with E-state index < -0.39 is 0 Å². The summed E-state index contributed by atoms with van der Waals surface area (Å²) in [5, 5.41) is 12.7. The quantitative estimate of drug-likeness (QED) is 0.746. The molecule has 0 saturated carbocycles. The lowest BCUT2D eigenvalue weighted by atomic mass is 9.75. The zero-order valence-corrected chi connectivity index (χ0v) is 13.4. The molecular formula is C16H34N2O. The van der Waals surface area contributed by atoms with E-state index in [0.29, 0.717) is 18.1 Å². The lowest BCUT2D eigenvalue weighted by Gasteiger charge is -2.40. The van der Waals surface area contributed by atoms with E-state index in [1.54, 1.807) is 0 Å². The first-order chi connectivity index (χ1) is 8.97. The van der Waals surface area contributed by atoms with Crippen LogP contribution in [0.3, 0.4) is 0 Å². The molecule has 3 nitrogen and oxygen atoms in total. The van der Waals surface area contributed by atoms with Crippen LogP contribution in [0.25, 0.3) is 0 Å². The van der Waals surface area contributed by atoms with Crippen molar-refractivity contribution in [2.45, 2.75) is 59.4 Å². The van der Waals surface area contributed by atoms with Crippen LogP contribution in [-0.2, 0) is 0 Å². The molecule has 1 rings (SSSR count). The van der Waals surface area contributed by atoms with Gasteiger partial charge in [-0.1, -0.05) is 27.7 Å². The summed E-state index contributed by atoms with van der Waals surface area (Å²) < 4.78 is 0. The molecule has 3 heteroatoms. The Morgan fingerprint density at radius 2 is 1.89 bits per heavy atom. The van der Waals surface area contributed by atoms with Gasteiger partial charge in [-0.05, 0) is 56.7 Å². The maximum Gasteiger partial charge on any atom is 0.0446 e. The summed E-state index contributed by atoms with van der Waals surface area (Å²) in [7, 11) is 0. The predicted molar refractivity (Wildman–Crippen MR) is 82.4 cm³/mol. The molecule has 1 saturated heterocycles. The molecule has 1 fully saturated rings. The third-order valence-corrected chi connectivity index (χ3v) is 4.45. The van der Waals surface area contributed by atoms with Crippen molar-refractivity contribution < 1.29 is 5.11 Å². The minimum atomic E-state index is 0.292. The fraction of sp³-hybridized carbons (Fsp3) is 1.00. The number of rotatable bonds is 7. The van der Waals surface area contributed by atoms with E-state index in [9.17, 15) is 0 Å². The molecule has 2 N–H and O–H groups in total. The lowest BCUT2D eigenvalue weighted by molar-refractivity contribution is 0.102. The number of piperidine rings is 1. The van der Waals surface area contributed by atoms with E-state index in [0.717, 1.165) is 31.8 Å². The van der Waals surface area contributed by atoms with Gasteiger partial charge in [0.05, 0.1) is 0 Å². The molecule has 0 aromatic rings. The van der Waals surface area contributed by atoms with Gasteiger partial charge in [0, 0.05) is 19.2 Å². The molecule has 1 heterocycles. The fourth-order valence-electron chi connectivity index (χ4n) is 3.06. The van der Waals surface area contributed by atoms with Crippen LogP contribution in [-0.4, -0.2) is 48.8 Å². The van der Waals surface area contributed by atoms with Crippen LogP contribution in [0.5, 0.6) is 0 Å². The molecule has 0 bridgehead atoms. The van der Waals surface area contributed by atoms with Gasteiger partial charge in [-0.3, -0.25) is 0 Å². The van der Waals surface area contributed by atoms with E-state index >= 15 is 0 Å². The first-order valence-electron chi connectivity index (χ1n) is 8.04. The Balaban J connectivity index is 2.33. The maximum absolute atomic E-state index is 9.16.